The predicted molar refractivity (Wildman–Crippen MR) is 83.9 cm³/mol. The van der Waals surface area contributed by atoms with Crippen molar-refractivity contribution in [1.82, 2.24) is 14.8 Å². The summed E-state index contributed by atoms with van der Waals surface area (Å²) in [6, 6.07) is 3.49. The Morgan fingerprint density at radius 2 is 2.36 bits per heavy atom. The van der Waals surface area contributed by atoms with Crippen molar-refractivity contribution >= 4 is 17.3 Å². The lowest BCUT2D eigenvalue weighted by atomic mass is 10.1. The van der Waals surface area contributed by atoms with Gasteiger partial charge in [0.05, 0.1) is 10.6 Å². The molecular weight excluding hydrogens is 302 g/mol. The zero-order valence-electron chi connectivity index (χ0n) is 12.7. The molecule has 1 unspecified atom stereocenters. The summed E-state index contributed by atoms with van der Waals surface area (Å²) in [6.45, 7) is 4.61. The number of aromatic nitrogens is 1. The number of piperazine rings is 1. The zero-order valence-corrected chi connectivity index (χ0v) is 13.5. The maximum atomic E-state index is 11.3. The number of carbonyl (C=O) groups is 1. The first-order chi connectivity index (χ1) is 10.5. The minimum atomic E-state index is -0.775. The summed E-state index contributed by atoms with van der Waals surface area (Å²) in [4.78, 5) is 20.9. The Morgan fingerprint density at radius 1 is 1.55 bits per heavy atom. The molecule has 1 fully saturated rings. The Morgan fingerprint density at radius 3 is 3.05 bits per heavy atom. The smallest absolute Gasteiger partial charge is 0.322 e. The van der Waals surface area contributed by atoms with Gasteiger partial charge in [-0.25, -0.2) is 4.98 Å². The van der Waals surface area contributed by atoms with Crippen molar-refractivity contribution < 1.29 is 14.3 Å². The van der Waals surface area contributed by atoms with Gasteiger partial charge in [-0.2, -0.15) is 0 Å². The maximum absolute atomic E-state index is 11.3. The van der Waals surface area contributed by atoms with Crippen LogP contribution in [0, 0.1) is 6.92 Å². The quantitative estimate of drug-likeness (QED) is 0.928. The Hall–Kier alpha value is -1.70. The second-order valence-corrected chi connectivity index (χ2v) is 6.52. The van der Waals surface area contributed by atoms with E-state index in [4.69, 9.17) is 4.42 Å². The number of rotatable bonds is 4. The highest BCUT2D eigenvalue weighted by molar-refractivity contribution is 7.13. The van der Waals surface area contributed by atoms with Gasteiger partial charge in [-0.1, -0.05) is 6.07 Å². The van der Waals surface area contributed by atoms with Gasteiger partial charge in [-0.3, -0.25) is 14.6 Å². The number of hydrogen-bond donors (Lipinski definition) is 1. The van der Waals surface area contributed by atoms with Gasteiger partial charge in [-0.05, 0) is 25.4 Å². The lowest BCUT2D eigenvalue weighted by molar-refractivity contribution is -0.145. The van der Waals surface area contributed by atoms with E-state index in [1.165, 1.54) is 0 Å². The molecule has 3 rings (SSSR count). The SMILES string of the molecule is Cc1oc(-c2cccs2)nc1CN1CCN(C)C(C(=O)O)C1. The maximum Gasteiger partial charge on any atom is 0.322 e. The summed E-state index contributed by atoms with van der Waals surface area (Å²) in [7, 11) is 1.85. The van der Waals surface area contributed by atoms with Crippen LogP contribution in [0.3, 0.4) is 0 Å². The van der Waals surface area contributed by atoms with Crippen molar-refractivity contribution in [2.45, 2.75) is 19.5 Å². The summed E-state index contributed by atoms with van der Waals surface area (Å²) in [5.74, 6) is 0.670. The predicted octanol–water partition coefficient (Wildman–Crippen LogP) is 1.91. The molecule has 0 amide bonds. The van der Waals surface area contributed by atoms with E-state index < -0.39 is 12.0 Å². The van der Waals surface area contributed by atoms with E-state index in [0.717, 1.165) is 29.4 Å². The Bertz CT molecular complexity index is 653. The minimum Gasteiger partial charge on any atom is -0.480 e. The van der Waals surface area contributed by atoms with Gasteiger partial charge in [0.15, 0.2) is 0 Å². The summed E-state index contributed by atoms with van der Waals surface area (Å²) < 4.78 is 5.74. The van der Waals surface area contributed by atoms with Crippen LogP contribution in [0.25, 0.3) is 10.8 Å². The average Bonchev–Trinajstić information content (AvgIpc) is 3.11. The molecule has 1 atom stereocenters. The van der Waals surface area contributed by atoms with Crippen LogP contribution in [-0.4, -0.2) is 58.6 Å². The number of thiophene rings is 1. The Balaban J connectivity index is 1.72. The number of nitrogens with zero attached hydrogens (tertiary/aromatic N) is 3. The molecule has 0 aliphatic carbocycles. The van der Waals surface area contributed by atoms with Crippen molar-refractivity contribution in [2.24, 2.45) is 0 Å². The Kier molecular flexibility index (Phi) is 4.28. The highest BCUT2D eigenvalue weighted by Gasteiger charge is 2.30. The number of oxazole rings is 1. The fourth-order valence-electron chi connectivity index (χ4n) is 2.63. The fourth-order valence-corrected chi connectivity index (χ4v) is 3.28. The molecule has 118 valence electrons. The molecule has 0 spiro atoms. The number of aryl methyl sites for hydroxylation is 1. The van der Waals surface area contributed by atoms with Crippen LogP contribution in [0.15, 0.2) is 21.9 Å². The standard InChI is InChI=1S/C15H19N3O3S/c1-10-11(16-14(21-10)13-4-3-7-22-13)8-18-6-5-17(2)12(9-18)15(19)20/h3-4,7,12H,5-6,8-9H2,1-2H3,(H,19,20). The largest absolute Gasteiger partial charge is 0.480 e. The molecule has 6 nitrogen and oxygen atoms in total. The fraction of sp³-hybridized carbons (Fsp3) is 0.467. The molecule has 2 aromatic rings. The van der Waals surface area contributed by atoms with Crippen molar-refractivity contribution in [3.05, 3.63) is 29.0 Å². The topological polar surface area (TPSA) is 69.8 Å². The highest BCUT2D eigenvalue weighted by atomic mass is 32.1. The number of aliphatic carboxylic acids is 1. The van der Waals surface area contributed by atoms with E-state index in [-0.39, 0.29) is 0 Å². The van der Waals surface area contributed by atoms with Gasteiger partial charge in [0.25, 0.3) is 0 Å². The molecule has 1 N–H and O–H groups in total. The van der Waals surface area contributed by atoms with Gasteiger partial charge in [-0.15, -0.1) is 11.3 Å². The third-order valence-corrected chi connectivity index (χ3v) is 4.87. The van der Waals surface area contributed by atoms with Crippen LogP contribution in [0.4, 0.5) is 0 Å². The number of carboxylic acid groups (broad SMARTS) is 1. The first kappa shape index (κ1) is 15.2. The second-order valence-electron chi connectivity index (χ2n) is 5.57. The van der Waals surface area contributed by atoms with Crippen LogP contribution < -0.4 is 0 Å². The molecule has 22 heavy (non-hydrogen) atoms. The molecule has 3 heterocycles. The van der Waals surface area contributed by atoms with E-state index in [1.54, 1.807) is 11.3 Å². The number of hydrogen-bond acceptors (Lipinski definition) is 6. The third-order valence-electron chi connectivity index (χ3n) is 4.02. The van der Waals surface area contributed by atoms with Gasteiger partial charge in [0.1, 0.15) is 11.8 Å². The molecule has 0 radical (unpaired) electrons. The molecule has 0 bridgehead atoms. The normalized spacial score (nSPS) is 20.4. The molecular formula is C15H19N3O3S. The van der Waals surface area contributed by atoms with E-state index in [1.807, 2.05) is 36.4 Å². The average molecular weight is 321 g/mol. The van der Waals surface area contributed by atoms with Crippen molar-refractivity contribution in [3.8, 4) is 10.8 Å². The number of likely N-dealkylation sites (N-methyl/N-ethyl adjacent to an activating group) is 1. The summed E-state index contributed by atoms with van der Waals surface area (Å²) >= 11 is 1.59. The van der Waals surface area contributed by atoms with Crippen molar-refractivity contribution in [2.75, 3.05) is 26.7 Å². The lowest BCUT2D eigenvalue weighted by Crippen LogP contribution is -2.54. The highest BCUT2D eigenvalue weighted by Crippen LogP contribution is 2.26. The lowest BCUT2D eigenvalue weighted by Gasteiger charge is -2.36. The van der Waals surface area contributed by atoms with Crippen LogP contribution in [-0.2, 0) is 11.3 Å². The van der Waals surface area contributed by atoms with Gasteiger partial charge >= 0.3 is 5.97 Å². The Labute approximate surface area is 133 Å². The van der Waals surface area contributed by atoms with E-state index in [2.05, 4.69) is 9.88 Å². The summed E-state index contributed by atoms with van der Waals surface area (Å²) in [5, 5.41) is 11.3. The monoisotopic (exact) mass is 321 g/mol. The van der Waals surface area contributed by atoms with E-state index in [0.29, 0.717) is 19.0 Å². The van der Waals surface area contributed by atoms with E-state index >= 15 is 0 Å². The third kappa shape index (κ3) is 3.06. The van der Waals surface area contributed by atoms with Gasteiger partial charge in [0, 0.05) is 26.2 Å². The molecule has 0 aromatic carbocycles. The van der Waals surface area contributed by atoms with Crippen LogP contribution >= 0.6 is 11.3 Å². The molecule has 0 saturated carbocycles. The van der Waals surface area contributed by atoms with Crippen LogP contribution in [0.1, 0.15) is 11.5 Å². The molecule has 1 saturated heterocycles. The molecule has 2 aromatic heterocycles. The molecule has 1 aliphatic heterocycles. The summed E-state index contributed by atoms with van der Waals surface area (Å²) in [5.41, 5.74) is 0.886. The second kappa shape index (κ2) is 6.20. The minimum absolute atomic E-state index is 0.460. The van der Waals surface area contributed by atoms with Crippen molar-refractivity contribution in [1.29, 1.82) is 0 Å². The van der Waals surface area contributed by atoms with Gasteiger partial charge < -0.3 is 9.52 Å². The van der Waals surface area contributed by atoms with Gasteiger partial charge in [0.2, 0.25) is 5.89 Å². The van der Waals surface area contributed by atoms with Crippen LogP contribution in [0.5, 0.6) is 0 Å². The first-order valence-corrected chi connectivity index (χ1v) is 8.08. The van der Waals surface area contributed by atoms with Crippen molar-refractivity contribution in [3.63, 3.8) is 0 Å². The first-order valence-electron chi connectivity index (χ1n) is 7.20. The van der Waals surface area contributed by atoms with E-state index in [9.17, 15) is 9.90 Å². The summed E-state index contributed by atoms with van der Waals surface area (Å²) in [6.07, 6.45) is 0. The zero-order chi connectivity index (χ0) is 15.7. The molecule has 1 aliphatic rings. The molecule has 7 heteroatoms. The number of carboxylic acids is 1. The van der Waals surface area contributed by atoms with Crippen LogP contribution in [0.2, 0.25) is 0 Å².